The van der Waals surface area contributed by atoms with E-state index in [-0.39, 0.29) is 6.10 Å². The van der Waals surface area contributed by atoms with E-state index in [0.29, 0.717) is 18.2 Å². The topological polar surface area (TPSA) is 67.4 Å². The second kappa shape index (κ2) is 8.29. The van der Waals surface area contributed by atoms with Gasteiger partial charge >= 0.3 is 11.8 Å². The largest absolute Gasteiger partial charge is 0.491 e. The highest BCUT2D eigenvalue weighted by Gasteiger charge is 2.13. The van der Waals surface area contributed by atoms with Gasteiger partial charge in [0, 0.05) is 12.2 Å². The third kappa shape index (κ3) is 6.79. The summed E-state index contributed by atoms with van der Waals surface area (Å²) in [6.45, 7) is 8.51. The highest BCUT2D eigenvalue weighted by Crippen LogP contribution is 2.16. The maximum absolute atomic E-state index is 11.7. The molecule has 0 unspecified atom stereocenters. The first-order valence-corrected chi connectivity index (χ1v) is 7.24. The second-order valence-corrected chi connectivity index (χ2v) is 5.58. The molecule has 2 amide bonds. The van der Waals surface area contributed by atoms with E-state index in [1.165, 1.54) is 0 Å². The molecule has 21 heavy (non-hydrogen) atoms. The van der Waals surface area contributed by atoms with Crippen LogP contribution in [0.4, 0.5) is 5.69 Å². The molecule has 0 aliphatic carbocycles. The van der Waals surface area contributed by atoms with E-state index in [1.807, 2.05) is 13.8 Å². The molecule has 0 aliphatic heterocycles. The zero-order valence-electron chi connectivity index (χ0n) is 13.1. The maximum Gasteiger partial charge on any atom is 0.313 e. The zero-order chi connectivity index (χ0) is 15.8. The molecule has 0 bridgehead atoms. The lowest BCUT2D eigenvalue weighted by molar-refractivity contribution is -0.136. The molecule has 2 N–H and O–H groups in total. The summed E-state index contributed by atoms with van der Waals surface area (Å²) in [5.41, 5.74) is 0.565. The molecular formula is C16H24N2O3. The summed E-state index contributed by atoms with van der Waals surface area (Å²) in [4.78, 5) is 23.3. The molecule has 0 radical (unpaired) electrons. The van der Waals surface area contributed by atoms with Crippen molar-refractivity contribution in [2.75, 3.05) is 11.9 Å². The fourth-order valence-corrected chi connectivity index (χ4v) is 1.63. The minimum absolute atomic E-state index is 0.0946. The Morgan fingerprint density at radius 3 is 2.19 bits per heavy atom. The van der Waals surface area contributed by atoms with Crippen molar-refractivity contribution in [3.8, 4) is 5.75 Å². The minimum Gasteiger partial charge on any atom is -0.491 e. The number of benzene rings is 1. The number of rotatable bonds is 6. The average molecular weight is 292 g/mol. The van der Waals surface area contributed by atoms with Gasteiger partial charge in [-0.3, -0.25) is 9.59 Å². The van der Waals surface area contributed by atoms with Gasteiger partial charge in [-0.25, -0.2) is 0 Å². The lowest BCUT2D eigenvalue weighted by Gasteiger charge is -2.11. The Morgan fingerprint density at radius 2 is 1.67 bits per heavy atom. The van der Waals surface area contributed by atoms with E-state index in [2.05, 4.69) is 24.5 Å². The first-order valence-electron chi connectivity index (χ1n) is 7.24. The van der Waals surface area contributed by atoms with Crippen LogP contribution in [0.3, 0.4) is 0 Å². The van der Waals surface area contributed by atoms with Crippen molar-refractivity contribution < 1.29 is 14.3 Å². The molecule has 0 saturated carbocycles. The second-order valence-electron chi connectivity index (χ2n) is 5.58. The number of carbonyl (C=O) groups is 2. The van der Waals surface area contributed by atoms with Crippen molar-refractivity contribution >= 4 is 17.5 Å². The van der Waals surface area contributed by atoms with Gasteiger partial charge in [0.2, 0.25) is 0 Å². The summed E-state index contributed by atoms with van der Waals surface area (Å²) in [6, 6.07) is 6.92. The van der Waals surface area contributed by atoms with Crippen LogP contribution in [-0.4, -0.2) is 24.5 Å². The molecule has 0 aliphatic rings. The highest BCUT2D eigenvalue weighted by molar-refractivity contribution is 6.39. The molecule has 5 heteroatoms. The minimum atomic E-state index is -0.656. The van der Waals surface area contributed by atoms with E-state index in [4.69, 9.17) is 4.74 Å². The van der Waals surface area contributed by atoms with Gasteiger partial charge in [0.1, 0.15) is 5.75 Å². The molecule has 5 nitrogen and oxygen atoms in total. The maximum atomic E-state index is 11.7. The van der Waals surface area contributed by atoms with Gasteiger partial charge in [0.15, 0.2) is 0 Å². The van der Waals surface area contributed by atoms with E-state index < -0.39 is 11.8 Å². The molecule has 1 rings (SSSR count). The Kier molecular flexibility index (Phi) is 6.72. The van der Waals surface area contributed by atoms with Gasteiger partial charge < -0.3 is 15.4 Å². The van der Waals surface area contributed by atoms with Crippen molar-refractivity contribution in [2.45, 2.75) is 40.2 Å². The number of carbonyl (C=O) groups excluding carboxylic acids is 2. The summed E-state index contributed by atoms with van der Waals surface area (Å²) >= 11 is 0. The Labute approximate surface area is 126 Å². The fraction of sp³-hybridized carbons (Fsp3) is 0.500. The van der Waals surface area contributed by atoms with Crippen molar-refractivity contribution in [2.24, 2.45) is 5.92 Å². The van der Waals surface area contributed by atoms with E-state index in [9.17, 15) is 9.59 Å². The summed E-state index contributed by atoms with van der Waals surface area (Å²) in [5.74, 6) is -0.0549. The van der Waals surface area contributed by atoms with Gasteiger partial charge in [-0.15, -0.1) is 0 Å². The van der Waals surface area contributed by atoms with Crippen LogP contribution in [-0.2, 0) is 9.59 Å². The molecule has 0 heterocycles. The fourth-order valence-electron chi connectivity index (χ4n) is 1.63. The molecule has 0 atom stereocenters. The van der Waals surface area contributed by atoms with Gasteiger partial charge in [0.05, 0.1) is 6.10 Å². The molecule has 0 aromatic heterocycles. The molecule has 0 spiro atoms. The lowest BCUT2D eigenvalue weighted by atomic mass is 10.1. The predicted molar refractivity (Wildman–Crippen MR) is 83.3 cm³/mol. The van der Waals surface area contributed by atoms with Crippen LogP contribution in [0.15, 0.2) is 24.3 Å². The lowest BCUT2D eigenvalue weighted by Crippen LogP contribution is -2.36. The third-order valence-electron chi connectivity index (χ3n) is 2.70. The summed E-state index contributed by atoms with van der Waals surface area (Å²) in [6.07, 6.45) is 0.942. The summed E-state index contributed by atoms with van der Waals surface area (Å²) in [7, 11) is 0. The van der Waals surface area contributed by atoms with Crippen LogP contribution in [0.25, 0.3) is 0 Å². The van der Waals surface area contributed by atoms with Crippen LogP contribution in [0.2, 0.25) is 0 Å². The van der Waals surface area contributed by atoms with Crippen LogP contribution in [0.1, 0.15) is 34.1 Å². The van der Waals surface area contributed by atoms with E-state index in [1.54, 1.807) is 24.3 Å². The van der Waals surface area contributed by atoms with Crippen LogP contribution >= 0.6 is 0 Å². The SMILES string of the molecule is CC(C)CCNC(=O)C(=O)Nc1ccc(OC(C)C)cc1. The Morgan fingerprint density at radius 1 is 1.05 bits per heavy atom. The smallest absolute Gasteiger partial charge is 0.313 e. The first-order chi connectivity index (χ1) is 9.88. The first kappa shape index (κ1) is 17.0. The summed E-state index contributed by atoms with van der Waals surface area (Å²) in [5, 5.41) is 5.15. The van der Waals surface area contributed by atoms with Crippen molar-refractivity contribution in [3.05, 3.63) is 24.3 Å². The van der Waals surface area contributed by atoms with Crippen molar-refractivity contribution in [1.29, 1.82) is 0 Å². The molecular weight excluding hydrogens is 268 g/mol. The van der Waals surface area contributed by atoms with Crippen LogP contribution in [0, 0.1) is 5.92 Å². The van der Waals surface area contributed by atoms with E-state index >= 15 is 0 Å². The summed E-state index contributed by atoms with van der Waals surface area (Å²) < 4.78 is 5.51. The molecule has 0 saturated heterocycles. The quantitative estimate of drug-likeness (QED) is 0.792. The number of nitrogens with one attached hydrogen (secondary N) is 2. The molecule has 116 valence electrons. The monoisotopic (exact) mass is 292 g/mol. The number of hydrogen-bond donors (Lipinski definition) is 2. The van der Waals surface area contributed by atoms with Crippen molar-refractivity contribution in [3.63, 3.8) is 0 Å². The van der Waals surface area contributed by atoms with Crippen LogP contribution in [0.5, 0.6) is 5.75 Å². The molecule has 1 aromatic carbocycles. The Bertz CT molecular complexity index is 467. The normalized spacial score (nSPS) is 10.6. The highest BCUT2D eigenvalue weighted by atomic mass is 16.5. The Balaban J connectivity index is 2.45. The van der Waals surface area contributed by atoms with Crippen molar-refractivity contribution in [1.82, 2.24) is 5.32 Å². The van der Waals surface area contributed by atoms with E-state index in [0.717, 1.165) is 12.2 Å². The van der Waals surface area contributed by atoms with Gasteiger partial charge in [-0.2, -0.15) is 0 Å². The molecule has 1 aromatic rings. The Hall–Kier alpha value is -2.04. The predicted octanol–water partition coefficient (Wildman–Crippen LogP) is 2.57. The van der Waals surface area contributed by atoms with Gasteiger partial charge in [0.25, 0.3) is 0 Å². The zero-order valence-corrected chi connectivity index (χ0v) is 13.1. The van der Waals surface area contributed by atoms with Crippen LogP contribution < -0.4 is 15.4 Å². The number of ether oxygens (including phenoxy) is 1. The number of anilines is 1. The van der Waals surface area contributed by atoms with Gasteiger partial charge in [-0.05, 0) is 50.5 Å². The number of hydrogen-bond acceptors (Lipinski definition) is 3. The number of amides is 2. The standard InChI is InChI=1S/C16H24N2O3/c1-11(2)9-10-17-15(19)16(20)18-13-5-7-14(8-6-13)21-12(3)4/h5-8,11-12H,9-10H2,1-4H3,(H,17,19)(H,18,20). The van der Waals surface area contributed by atoms with Gasteiger partial charge in [-0.1, -0.05) is 13.8 Å². The molecule has 0 fully saturated rings. The average Bonchev–Trinajstić information content (AvgIpc) is 2.39. The third-order valence-corrected chi connectivity index (χ3v) is 2.70.